The normalized spacial score (nSPS) is 11.5. The predicted octanol–water partition coefficient (Wildman–Crippen LogP) is 3.54. The highest BCUT2D eigenvalue weighted by Crippen LogP contribution is 2.22. The van der Waals surface area contributed by atoms with Gasteiger partial charge in [0.15, 0.2) is 0 Å². The third-order valence-electron chi connectivity index (χ3n) is 2.12. The van der Waals surface area contributed by atoms with Gasteiger partial charge in [0, 0.05) is 13.7 Å². The molecule has 0 bridgehead atoms. The number of rotatable bonds is 4. The number of benzene rings is 1. The van der Waals surface area contributed by atoms with Crippen molar-refractivity contribution in [1.29, 1.82) is 0 Å². The summed E-state index contributed by atoms with van der Waals surface area (Å²) in [6.07, 6.45) is 1.62. The third kappa shape index (κ3) is 5.54. The van der Waals surface area contributed by atoms with Crippen molar-refractivity contribution in [2.45, 2.75) is 25.8 Å². The number of carbonyl (C=O) groups is 1. The van der Waals surface area contributed by atoms with Crippen LogP contribution in [0.5, 0.6) is 0 Å². The van der Waals surface area contributed by atoms with Crippen molar-refractivity contribution in [3.8, 4) is 0 Å². The van der Waals surface area contributed by atoms with Gasteiger partial charge in [-0.25, -0.2) is 0 Å². The summed E-state index contributed by atoms with van der Waals surface area (Å²) in [5.74, 6) is -0.125. The Balaban J connectivity index is 0.00000256. The number of hydrogen-bond donors (Lipinski definition) is 2. The van der Waals surface area contributed by atoms with Crippen LogP contribution in [0.15, 0.2) is 22.7 Å². The van der Waals surface area contributed by atoms with Crippen molar-refractivity contribution in [2.24, 2.45) is 5.73 Å². The second kappa shape index (κ2) is 8.29. The molecular weight excluding hydrogens is 418 g/mol. The Labute approximate surface area is 130 Å². The zero-order valence-corrected chi connectivity index (χ0v) is 13.9. The molecule has 6 heteroatoms. The van der Waals surface area contributed by atoms with Gasteiger partial charge in [0.05, 0.1) is 6.04 Å². The van der Waals surface area contributed by atoms with Crippen molar-refractivity contribution in [1.82, 2.24) is 0 Å². The van der Waals surface area contributed by atoms with Gasteiger partial charge in [0.25, 0.3) is 0 Å². The quantitative estimate of drug-likeness (QED) is 0.714. The van der Waals surface area contributed by atoms with Gasteiger partial charge in [0.2, 0.25) is 5.91 Å². The smallest absolute Gasteiger partial charge is 0.241 e. The topological polar surface area (TPSA) is 55.1 Å². The summed E-state index contributed by atoms with van der Waals surface area (Å²) in [5, 5.41) is 2.80. The first-order valence-corrected chi connectivity index (χ1v) is 6.93. The Bertz CT molecular complexity index is 390. The first-order valence-electron chi connectivity index (χ1n) is 5.06. The van der Waals surface area contributed by atoms with Crippen LogP contribution in [0, 0.1) is 3.57 Å². The summed E-state index contributed by atoms with van der Waals surface area (Å²) in [7, 11) is 0. The highest BCUT2D eigenvalue weighted by Gasteiger charge is 2.12. The van der Waals surface area contributed by atoms with Crippen molar-refractivity contribution >= 4 is 62.5 Å². The molecule has 0 radical (unpaired) electrons. The van der Waals surface area contributed by atoms with Crippen LogP contribution >= 0.6 is 50.9 Å². The van der Waals surface area contributed by atoms with Gasteiger partial charge in [-0.05, 0) is 63.1 Å². The molecule has 1 amide bonds. The van der Waals surface area contributed by atoms with Crippen LogP contribution in [0.25, 0.3) is 0 Å². The average molecular weight is 434 g/mol. The molecule has 0 aliphatic heterocycles. The van der Waals surface area contributed by atoms with Gasteiger partial charge in [-0.2, -0.15) is 0 Å². The summed E-state index contributed by atoms with van der Waals surface area (Å²) in [6.45, 7) is 2.01. The Morgan fingerprint density at radius 3 is 2.76 bits per heavy atom. The van der Waals surface area contributed by atoms with E-state index in [0.717, 1.165) is 20.2 Å². The average Bonchev–Trinajstić information content (AvgIpc) is 2.24. The minimum absolute atomic E-state index is 0. The van der Waals surface area contributed by atoms with E-state index in [4.69, 9.17) is 5.73 Å². The predicted molar refractivity (Wildman–Crippen MR) is 85.6 cm³/mol. The molecular formula is C11H15BrClIN2O. The molecule has 0 saturated carbocycles. The maximum atomic E-state index is 11.6. The minimum Gasteiger partial charge on any atom is -0.325 e. The fourth-order valence-corrected chi connectivity index (χ4v) is 2.01. The van der Waals surface area contributed by atoms with Crippen LogP contribution in [0.2, 0.25) is 0 Å². The van der Waals surface area contributed by atoms with Gasteiger partial charge >= 0.3 is 0 Å². The SMILES string of the molecule is CCCC(N)C(=O)Nc1ccc(Br)c(I)c1.Cl. The molecule has 1 atom stereocenters. The molecule has 0 spiro atoms. The first-order chi connectivity index (χ1) is 7.54. The number of nitrogens with two attached hydrogens (primary N) is 1. The lowest BCUT2D eigenvalue weighted by molar-refractivity contribution is -0.117. The zero-order chi connectivity index (χ0) is 12.1. The number of amides is 1. The van der Waals surface area contributed by atoms with Gasteiger partial charge in [-0.3, -0.25) is 4.79 Å². The van der Waals surface area contributed by atoms with E-state index in [0.29, 0.717) is 6.42 Å². The molecule has 0 fully saturated rings. The summed E-state index contributed by atoms with van der Waals surface area (Å²) >= 11 is 5.61. The monoisotopic (exact) mass is 432 g/mol. The molecule has 3 N–H and O–H groups in total. The fourth-order valence-electron chi connectivity index (χ4n) is 1.25. The van der Waals surface area contributed by atoms with Gasteiger partial charge < -0.3 is 11.1 Å². The van der Waals surface area contributed by atoms with E-state index >= 15 is 0 Å². The summed E-state index contributed by atoms with van der Waals surface area (Å²) < 4.78 is 2.07. The lowest BCUT2D eigenvalue weighted by Crippen LogP contribution is -2.35. The maximum absolute atomic E-state index is 11.6. The Kier molecular flexibility index (Phi) is 8.36. The number of anilines is 1. The number of nitrogens with one attached hydrogen (secondary N) is 1. The van der Waals surface area contributed by atoms with E-state index in [2.05, 4.69) is 43.8 Å². The summed E-state index contributed by atoms with van der Waals surface area (Å²) in [5.41, 5.74) is 6.50. The largest absolute Gasteiger partial charge is 0.325 e. The van der Waals surface area contributed by atoms with Crippen LogP contribution in [-0.4, -0.2) is 11.9 Å². The van der Waals surface area contributed by atoms with Gasteiger partial charge in [0.1, 0.15) is 0 Å². The van der Waals surface area contributed by atoms with Crippen molar-refractivity contribution in [3.63, 3.8) is 0 Å². The molecule has 1 aromatic carbocycles. The number of halogens is 3. The molecule has 96 valence electrons. The molecule has 1 unspecified atom stereocenters. The second-order valence-corrected chi connectivity index (χ2v) is 5.53. The molecule has 0 aromatic heterocycles. The molecule has 17 heavy (non-hydrogen) atoms. The van der Waals surface area contributed by atoms with E-state index in [1.807, 2.05) is 25.1 Å². The van der Waals surface area contributed by atoms with E-state index < -0.39 is 6.04 Å². The maximum Gasteiger partial charge on any atom is 0.241 e. The number of hydrogen-bond acceptors (Lipinski definition) is 2. The van der Waals surface area contributed by atoms with E-state index in [-0.39, 0.29) is 18.3 Å². The van der Waals surface area contributed by atoms with E-state index in [1.165, 1.54) is 0 Å². The van der Waals surface area contributed by atoms with Crippen molar-refractivity contribution in [3.05, 3.63) is 26.2 Å². The zero-order valence-electron chi connectivity index (χ0n) is 9.37. The lowest BCUT2D eigenvalue weighted by Gasteiger charge is -2.11. The summed E-state index contributed by atoms with van der Waals surface area (Å²) in [6, 6.07) is 5.23. The van der Waals surface area contributed by atoms with E-state index in [9.17, 15) is 4.79 Å². The Morgan fingerprint density at radius 2 is 2.24 bits per heavy atom. The first kappa shape index (κ1) is 17.2. The minimum atomic E-state index is -0.425. The molecule has 0 aliphatic rings. The van der Waals surface area contributed by atoms with Crippen LogP contribution in [0.1, 0.15) is 19.8 Å². The standard InChI is InChI=1S/C11H14BrIN2O.ClH/c1-2-3-10(14)11(16)15-7-4-5-8(12)9(13)6-7;/h4-6,10H,2-3,14H2,1H3,(H,15,16);1H. The van der Waals surface area contributed by atoms with Gasteiger partial charge in [-0.15, -0.1) is 12.4 Å². The highest BCUT2D eigenvalue weighted by molar-refractivity contribution is 14.1. The van der Waals surface area contributed by atoms with Crippen LogP contribution < -0.4 is 11.1 Å². The van der Waals surface area contributed by atoms with Crippen molar-refractivity contribution < 1.29 is 4.79 Å². The van der Waals surface area contributed by atoms with Crippen molar-refractivity contribution in [2.75, 3.05) is 5.32 Å². The van der Waals surface area contributed by atoms with Crippen LogP contribution in [-0.2, 0) is 4.79 Å². The third-order valence-corrected chi connectivity index (χ3v) is 4.45. The van der Waals surface area contributed by atoms with E-state index in [1.54, 1.807) is 0 Å². The molecule has 3 nitrogen and oxygen atoms in total. The molecule has 0 saturated heterocycles. The molecule has 1 rings (SSSR count). The van der Waals surface area contributed by atoms with Gasteiger partial charge in [-0.1, -0.05) is 13.3 Å². The number of carbonyl (C=O) groups excluding carboxylic acids is 1. The molecule has 0 aliphatic carbocycles. The van der Waals surface area contributed by atoms with Crippen LogP contribution in [0.4, 0.5) is 5.69 Å². The fraction of sp³-hybridized carbons (Fsp3) is 0.364. The summed E-state index contributed by atoms with van der Waals surface area (Å²) in [4.78, 5) is 11.6. The highest BCUT2D eigenvalue weighted by atomic mass is 127. The molecule has 1 aromatic rings. The second-order valence-electron chi connectivity index (χ2n) is 3.51. The Hall–Kier alpha value is 0.150. The van der Waals surface area contributed by atoms with Crippen LogP contribution in [0.3, 0.4) is 0 Å². The lowest BCUT2D eigenvalue weighted by atomic mass is 10.1. The Morgan fingerprint density at radius 1 is 1.59 bits per heavy atom. The molecule has 0 heterocycles.